The number of likely N-dealkylation sites (N-methyl/N-ethyl adjacent to an activating group) is 1. The molecule has 2 unspecified atom stereocenters. The molecule has 1 aromatic carbocycles. The summed E-state index contributed by atoms with van der Waals surface area (Å²) in [5, 5.41) is 48.8. The Morgan fingerprint density at radius 2 is 1.87 bits per heavy atom. The highest BCUT2D eigenvalue weighted by molar-refractivity contribution is 6.25. The van der Waals surface area contributed by atoms with Crippen LogP contribution in [0.15, 0.2) is 11.6 Å². The maximum atomic E-state index is 14.0. The van der Waals surface area contributed by atoms with Crippen molar-refractivity contribution in [3.05, 3.63) is 28.3 Å². The number of aliphatic hydroxyl groups is 3. The van der Waals surface area contributed by atoms with Crippen molar-refractivity contribution < 1.29 is 34.8 Å². The maximum absolute atomic E-state index is 14.0. The number of aromatic hydroxyl groups is 1. The van der Waals surface area contributed by atoms with Gasteiger partial charge in [-0.3, -0.25) is 14.4 Å². The number of primary amides is 1. The molecule has 214 valence electrons. The molecular formula is C28H40N4O7. The van der Waals surface area contributed by atoms with Crippen LogP contribution in [0.25, 0.3) is 5.76 Å². The summed E-state index contributed by atoms with van der Waals surface area (Å²) in [5.74, 6) is -7.38. The van der Waals surface area contributed by atoms with Crippen LogP contribution in [0.2, 0.25) is 0 Å². The number of carbonyl (C=O) groups excluding carboxylic acids is 3. The topological polar surface area (TPSA) is 177 Å². The van der Waals surface area contributed by atoms with Crippen molar-refractivity contribution in [3.8, 4) is 5.75 Å². The van der Waals surface area contributed by atoms with Crippen molar-refractivity contribution in [2.45, 2.75) is 56.9 Å². The number of ketones is 2. The Kier molecular flexibility index (Phi) is 7.83. The number of Topliss-reactive ketones (excluding diaryl/α,β-unsaturated/α-hetero) is 2. The van der Waals surface area contributed by atoms with Crippen LogP contribution in [0.4, 0.5) is 5.69 Å². The van der Waals surface area contributed by atoms with E-state index in [9.17, 15) is 34.8 Å². The molecule has 1 aromatic rings. The Bertz CT molecular complexity index is 1230. The lowest BCUT2D eigenvalue weighted by atomic mass is 9.54. The van der Waals surface area contributed by atoms with Gasteiger partial charge in [-0.1, -0.05) is 13.3 Å². The minimum Gasteiger partial charge on any atom is -0.507 e. The molecule has 6 atom stereocenters. The van der Waals surface area contributed by atoms with E-state index >= 15 is 0 Å². The van der Waals surface area contributed by atoms with E-state index in [1.807, 2.05) is 25.1 Å². The Hall–Kier alpha value is -2.99. The van der Waals surface area contributed by atoms with Crippen molar-refractivity contribution in [2.24, 2.45) is 23.5 Å². The van der Waals surface area contributed by atoms with Gasteiger partial charge in [0.15, 0.2) is 11.4 Å². The Morgan fingerprint density at radius 3 is 2.44 bits per heavy atom. The minimum atomic E-state index is -2.66. The van der Waals surface area contributed by atoms with E-state index < -0.39 is 58.7 Å². The number of anilines is 1. The average Bonchev–Trinajstić information content (AvgIpc) is 2.84. The van der Waals surface area contributed by atoms with E-state index in [0.717, 1.165) is 25.1 Å². The molecule has 39 heavy (non-hydrogen) atoms. The smallest absolute Gasteiger partial charge is 0.230 e. The lowest BCUT2D eigenvalue weighted by Crippen LogP contribution is -2.73. The van der Waals surface area contributed by atoms with Crippen LogP contribution in [0.5, 0.6) is 5.75 Å². The molecular weight excluding hydrogens is 504 g/mol. The van der Waals surface area contributed by atoms with Crippen molar-refractivity contribution in [2.75, 3.05) is 39.6 Å². The molecule has 0 aliphatic heterocycles. The van der Waals surface area contributed by atoms with Crippen molar-refractivity contribution in [3.63, 3.8) is 0 Å². The number of phenolic OH excluding ortho intramolecular Hbond substituents is 1. The van der Waals surface area contributed by atoms with Gasteiger partial charge in [-0.05, 0) is 57.5 Å². The SMILES string of the molecule is CCCCNCc1cc(N(C)C)c2c(c1O)C(O)=C1C(=O)[C@@]3(O)C(=O)C(C(N)=O)C(O)[C@H](N(C)C)[C@H]3C[C@H]1C2. The summed E-state index contributed by atoms with van der Waals surface area (Å²) in [5.41, 5.74) is 4.69. The second-order valence-electron chi connectivity index (χ2n) is 11.5. The van der Waals surface area contributed by atoms with Gasteiger partial charge in [0.2, 0.25) is 11.7 Å². The second-order valence-corrected chi connectivity index (χ2v) is 11.5. The van der Waals surface area contributed by atoms with E-state index in [0.29, 0.717) is 17.7 Å². The molecule has 0 aromatic heterocycles. The summed E-state index contributed by atoms with van der Waals surface area (Å²) >= 11 is 0. The fraction of sp³-hybridized carbons (Fsp3) is 0.607. The van der Waals surface area contributed by atoms with Gasteiger partial charge in [0.1, 0.15) is 17.4 Å². The third-order valence-electron chi connectivity index (χ3n) is 8.65. The van der Waals surface area contributed by atoms with E-state index in [2.05, 4.69) is 12.2 Å². The van der Waals surface area contributed by atoms with Gasteiger partial charge < -0.3 is 41.3 Å². The number of nitrogens with zero attached hydrogens (tertiary/aromatic N) is 2. The van der Waals surface area contributed by atoms with Gasteiger partial charge >= 0.3 is 0 Å². The van der Waals surface area contributed by atoms with Gasteiger partial charge in [-0.2, -0.15) is 0 Å². The summed E-state index contributed by atoms with van der Waals surface area (Å²) < 4.78 is 0. The number of amides is 1. The zero-order valence-corrected chi connectivity index (χ0v) is 23.2. The fourth-order valence-corrected chi connectivity index (χ4v) is 6.77. The zero-order valence-electron chi connectivity index (χ0n) is 23.2. The highest BCUT2D eigenvalue weighted by atomic mass is 16.3. The number of phenols is 1. The number of fused-ring (bicyclic) bond motifs is 3. The van der Waals surface area contributed by atoms with E-state index in [1.54, 1.807) is 19.0 Å². The van der Waals surface area contributed by atoms with Crippen LogP contribution in [0.3, 0.4) is 0 Å². The number of carbonyl (C=O) groups is 3. The minimum absolute atomic E-state index is 0.0894. The number of unbranched alkanes of at least 4 members (excludes halogenated alkanes) is 1. The predicted octanol–water partition coefficient (Wildman–Crippen LogP) is 0.0847. The lowest BCUT2D eigenvalue weighted by molar-refractivity contribution is -0.184. The zero-order chi connectivity index (χ0) is 29.0. The third kappa shape index (κ3) is 4.41. The predicted molar refractivity (Wildman–Crippen MR) is 145 cm³/mol. The number of aliphatic hydroxyl groups excluding tert-OH is 2. The molecule has 0 radical (unpaired) electrons. The van der Waals surface area contributed by atoms with E-state index in [-0.39, 0.29) is 29.7 Å². The highest BCUT2D eigenvalue weighted by Gasteiger charge is 2.67. The fourth-order valence-electron chi connectivity index (χ4n) is 6.77. The highest BCUT2D eigenvalue weighted by Crippen LogP contribution is 2.53. The van der Waals surface area contributed by atoms with Crippen molar-refractivity contribution in [1.82, 2.24) is 10.2 Å². The summed E-state index contributed by atoms with van der Waals surface area (Å²) in [7, 11) is 6.96. The molecule has 7 N–H and O–H groups in total. The quantitative estimate of drug-likeness (QED) is 0.194. The summed E-state index contributed by atoms with van der Waals surface area (Å²) in [6.07, 6.45) is 0.809. The van der Waals surface area contributed by atoms with Crippen LogP contribution in [0, 0.1) is 17.8 Å². The van der Waals surface area contributed by atoms with Gasteiger partial charge in [-0.25, -0.2) is 0 Å². The van der Waals surface area contributed by atoms with Gasteiger partial charge in [0.25, 0.3) is 0 Å². The number of hydrogen-bond acceptors (Lipinski definition) is 10. The summed E-state index contributed by atoms with van der Waals surface area (Å²) in [6.45, 7) is 3.16. The van der Waals surface area contributed by atoms with Crippen molar-refractivity contribution in [1.29, 1.82) is 0 Å². The van der Waals surface area contributed by atoms with E-state index in [1.165, 1.54) is 0 Å². The number of hydrogen-bond donors (Lipinski definition) is 6. The number of nitrogens with one attached hydrogen (secondary N) is 1. The van der Waals surface area contributed by atoms with Crippen LogP contribution >= 0.6 is 0 Å². The first kappa shape index (κ1) is 29.0. The third-order valence-corrected chi connectivity index (χ3v) is 8.65. The Morgan fingerprint density at radius 1 is 1.21 bits per heavy atom. The van der Waals surface area contributed by atoms with Crippen LogP contribution in [-0.2, 0) is 27.3 Å². The van der Waals surface area contributed by atoms with Gasteiger partial charge in [0, 0.05) is 49.4 Å². The average molecular weight is 545 g/mol. The molecule has 0 saturated heterocycles. The first-order chi connectivity index (χ1) is 18.3. The lowest BCUT2D eigenvalue weighted by Gasteiger charge is -2.53. The molecule has 0 bridgehead atoms. The molecule has 3 aliphatic rings. The molecule has 0 spiro atoms. The number of benzene rings is 1. The molecule has 1 amide bonds. The molecule has 11 heteroatoms. The van der Waals surface area contributed by atoms with Crippen LogP contribution in [0.1, 0.15) is 42.9 Å². The Balaban J connectivity index is 1.88. The Labute approximate surface area is 228 Å². The second kappa shape index (κ2) is 10.5. The van der Waals surface area contributed by atoms with Gasteiger partial charge in [-0.15, -0.1) is 0 Å². The molecule has 2 saturated carbocycles. The van der Waals surface area contributed by atoms with E-state index in [4.69, 9.17) is 5.73 Å². The molecule has 0 heterocycles. The first-order valence-electron chi connectivity index (χ1n) is 13.4. The van der Waals surface area contributed by atoms with Crippen molar-refractivity contribution >= 4 is 28.9 Å². The molecule has 2 fully saturated rings. The largest absolute Gasteiger partial charge is 0.507 e. The number of nitrogens with two attached hydrogens (primary N) is 1. The van der Waals surface area contributed by atoms with Gasteiger partial charge in [0.05, 0.1) is 11.7 Å². The normalized spacial score (nSPS) is 30.2. The molecule has 3 aliphatic carbocycles. The maximum Gasteiger partial charge on any atom is 0.230 e. The molecule has 4 rings (SSSR count). The van der Waals surface area contributed by atoms with Crippen LogP contribution < -0.4 is 16.0 Å². The monoisotopic (exact) mass is 544 g/mol. The number of rotatable bonds is 8. The van der Waals surface area contributed by atoms with Crippen LogP contribution in [-0.4, -0.2) is 95.3 Å². The summed E-state index contributed by atoms with van der Waals surface area (Å²) in [6, 6.07) is 0.943. The standard InChI is InChI=1S/C28H40N4O7/c1-6-7-8-30-12-14-11-17(31(2)3)15-9-13-10-16-21(32(4)5)24(35)20(27(29)38)26(37)28(16,39)25(36)18(13)23(34)19(15)22(14)33/h11,13,16,20-21,24,30,33-35,39H,6-10,12H2,1-5H3,(H2,29,38)/t13-,16-,20?,21-,24?,28-/m1/s1. The molecule has 11 nitrogen and oxygen atoms in total. The summed E-state index contributed by atoms with van der Waals surface area (Å²) in [4.78, 5) is 43.1. The first-order valence-corrected chi connectivity index (χ1v) is 13.4.